The Bertz CT molecular complexity index is 818. The Balaban J connectivity index is 1.35. The molecular formula is C19H24ClN7O. The molecule has 2 aliphatic heterocycles. The highest BCUT2D eigenvalue weighted by Crippen LogP contribution is 2.26. The summed E-state index contributed by atoms with van der Waals surface area (Å²) in [4.78, 5) is 12.5. The quantitative estimate of drug-likeness (QED) is 0.392. The van der Waals surface area contributed by atoms with Crippen LogP contribution in [0, 0.1) is 0 Å². The summed E-state index contributed by atoms with van der Waals surface area (Å²) >= 11 is 6.35. The van der Waals surface area contributed by atoms with E-state index in [1.165, 1.54) is 0 Å². The lowest BCUT2D eigenvalue weighted by Gasteiger charge is -2.16. The van der Waals surface area contributed by atoms with Gasteiger partial charge >= 0.3 is 0 Å². The van der Waals surface area contributed by atoms with Gasteiger partial charge in [-0.2, -0.15) is 0 Å². The Morgan fingerprint density at radius 2 is 1.39 bits per heavy atom. The van der Waals surface area contributed by atoms with Gasteiger partial charge in [0.05, 0.1) is 10.7 Å². The highest BCUT2D eigenvalue weighted by Gasteiger charge is 2.15. The van der Waals surface area contributed by atoms with Crippen LogP contribution in [-0.2, 0) is 0 Å². The lowest BCUT2D eigenvalue weighted by Crippen LogP contribution is -2.38. The number of carbonyl (C=O) groups is 1. The summed E-state index contributed by atoms with van der Waals surface area (Å²) in [5.74, 6) is -0.181. The number of amides is 1. The minimum Gasteiger partial charge on any atom is -0.358 e. The van der Waals surface area contributed by atoms with Crippen LogP contribution in [-0.4, -0.2) is 44.7 Å². The number of carbonyl (C=O) groups excluding carboxylic acids is 1. The number of hydrogen-bond donors (Lipinski definition) is 7. The van der Waals surface area contributed by atoms with Gasteiger partial charge in [-0.05, 0) is 42.5 Å². The topological polar surface area (TPSA) is 101 Å². The second-order valence-corrected chi connectivity index (χ2v) is 7.10. The first kappa shape index (κ1) is 19.0. The van der Waals surface area contributed by atoms with E-state index in [-0.39, 0.29) is 18.5 Å². The van der Waals surface area contributed by atoms with Crippen molar-refractivity contribution in [1.82, 2.24) is 21.3 Å². The normalized spacial score (nSPS) is 17.6. The SMILES string of the molecule is O=C(Nc1ccc(NC2NCCN2)c(Cl)c1)c1ccc(NC2NCCN2)cc1. The number of benzene rings is 2. The minimum absolute atomic E-state index is 0.000280. The molecule has 0 unspecified atom stereocenters. The smallest absolute Gasteiger partial charge is 0.255 e. The van der Waals surface area contributed by atoms with Gasteiger partial charge in [-0.25, -0.2) is 0 Å². The maximum Gasteiger partial charge on any atom is 0.255 e. The van der Waals surface area contributed by atoms with Crippen LogP contribution in [0.2, 0.25) is 5.02 Å². The van der Waals surface area contributed by atoms with E-state index in [1.807, 2.05) is 24.3 Å². The van der Waals surface area contributed by atoms with Crippen LogP contribution < -0.4 is 37.2 Å². The predicted molar refractivity (Wildman–Crippen MR) is 113 cm³/mol. The van der Waals surface area contributed by atoms with Crippen LogP contribution in [0.15, 0.2) is 42.5 Å². The third-order valence-electron chi connectivity index (χ3n) is 4.63. The molecule has 7 N–H and O–H groups in total. The van der Waals surface area contributed by atoms with Crippen LogP contribution in [0.3, 0.4) is 0 Å². The molecule has 2 aliphatic rings. The van der Waals surface area contributed by atoms with E-state index in [9.17, 15) is 4.79 Å². The fourth-order valence-corrected chi connectivity index (χ4v) is 3.40. The molecule has 0 bridgehead atoms. The van der Waals surface area contributed by atoms with E-state index in [0.29, 0.717) is 16.3 Å². The molecule has 2 fully saturated rings. The molecule has 2 saturated heterocycles. The Hall–Kier alpha value is -2.36. The summed E-state index contributed by atoms with van der Waals surface area (Å²) in [5, 5.41) is 23.1. The number of anilines is 3. The van der Waals surface area contributed by atoms with E-state index >= 15 is 0 Å². The molecular weight excluding hydrogens is 378 g/mol. The molecule has 2 aromatic rings. The molecule has 0 aliphatic carbocycles. The number of rotatable bonds is 6. The Morgan fingerprint density at radius 1 is 0.821 bits per heavy atom. The van der Waals surface area contributed by atoms with Crippen molar-refractivity contribution in [2.75, 3.05) is 42.1 Å². The van der Waals surface area contributed by atoms with Crippen molar-refractivity contribution in [3.05, 3.63) is 53.1 Å². The molecule has 148 valence electrons. The van der Waals surface area contributed by atoms with Crippen LogP contribution in [0.25, 0.3) is 0 Å². The maximum absolute atomic E-state index is 12.5. The van der Waals surface area contributed by atoms with E-state index in [2.05, 4.69) is 37.2 Å². The molecule has 0 aromatic heterocycles. The lowest BCUT2D eigenvalue weighted by atomic mass is 10.2. The molecule has 2 aromatic carbocycles. The van der Waals surface area contributed by atoms with Crippen molar-refractivity contribution in [2.24, 2.45) is 0 Å². The van der Waals surface area contributed by atoms with E-state index in [0.717, 1.165) is 37.6 Å². The molecule has 8 nitrogen and oxygen atoms in total. The van der Waals surface area contributed by atoms with Crippen molar-refractivity contribution in [2.45, 2.75) is 12.6 Å². The zero-order valence-corrected chi connectivity index (χ0v) is 16.1. The van der Waals surface area contributed by atoms with Gasteiger partial charge in [-0.15, -0.1) is 0 Å². The summed E-state index contributed by atoms with van der Waals surface area (Å²) in [6.45, 7) is 3.68. The molecule has 0 spiro atoms. The van der Waals surface area contributed by atoms with Crippen molar-refractivity contribution >= 4 is 34.6 Å². The van der Waals surface area contributed by atoms with Crippen LogP contribution in [0.1, 0.15) is 10.4 Å². The van der Waals surface area contributed by atoms with Gasteiger partial charge < -0.3 is 16.0 Å². The summed E-state index contributed by atoms with van der Waals surface area (Å²) in [7, 11) is 0. The van der Waals surface area contributed by atoms with E-state index < -0.39 is 0 Å². The first-order chi connectivity index (χ1) is 13.7. The maximum atomic E-state index is 12.5. The first-order valence-corrected chi connectivity index (χ1v) is 9.73. The minimum atomic E-state index is -0.181. The van der Waals surface area contributed by atoms with E-state index in [4.69, 9.17) is 11.6 Å². The van der Waals surface area contributed by atoms with Gasteiger partial charge in [0, 0.05) is 43.1 Å². The van der Waals surface area contributed by atoms with Crippen molar-refractivity contribution in [3.63, 3.8) is 0 Å². The summed E-state index contributed by atoms with van der Waals surface area (Å²) in [5.41, 5.74) is 2.97. The zero-order valence-electron chi connectivity index (χ0n) is 15.3. The third kappa shape index (κ3) is 4.73. The molecule has 0 atom stereocenters. The Morgan fingerprint density at radius 3 is 2.00 bits per heavy atom. The summed E-state index contributed by atoms with van der Waals surface area (Å²) in [6.07, 6.45) is 0.0586. The van der Waals surface area contributed by atoms with Gasteiger partial charge in [0.25, 0.3) is 5.91 Å². The monoisotopic (exact) mass is 401 g/mol. The molecule has 1 amide bonds. The highest BCUT2D eigenvalue weighted by molar-refractivity contribution is 6.33. The third-order valence-corrected chi connectivity index (χ3v) is 4.94. The van der Waals surface area contributed by atoms with Crippen LogP contribution in [0.4, 0.5) is 17.1 Å². The molecule has 9 heteroatoms. The van der Waals surface area contributed by atoms with Crippen molar-refractivity contribution in [3.8, 4) is 0 Å². The van der Waals surface area contributed by atoms with Gasteiger partial charge in [-0.3, -0.25) is 26.1 Å². The van der Waals surface area contributed by atoms with Crippen molar-refractivity contribution in [1.29, 1.82) is 0 Å². The van der Waals surface area contributed by atoms with Crippen LogP contribution >= 0.6 is 11.6 Å². The molecule has 0 radical (unpaired) electrons. The zero-order chi connectivity index (χ0) is 19.3. The van der Waals surface area contributed by atoms with Gasteiger partial charge in [0.2, 0.25) is 0 Å². The fraction of sp³-hybridized carbons (Fsp3) is 0.316. The van der Waals surface area contributed by atoms with Crippen LogP contribution in [0.5, 0.6) is 0 Å². The first-order valence-electron chi connectivity index (χ1n) is 9.35. The Labute approximate surface area is 168 Å². The number of hydrogen-bond acceptors (Lipinski definition) is 7. The number of halogens is 1. The lowest BCUT2D eigenvalue weighted by molar-refractivity contribution is 0.102. The predicted octanol–water partition coefficient (Wildman–Crippen LogP) is 1.37. The standard InChI is InChI=1S/C19H24ClN7O/c20-15-11-14(5-6-16(15)27-19-23-9-10-24-19)25-17(28)12-1-3-13(4-2-12)26-18-21-7-8-22-18/h1-6,11,18-19,21-24,26-27H,7-10H2,(H,25,28). The Kier molecular flexibility index (Phi) is 5.94. The summed E-state index contributed by atoms with van der Waals surface area (Å²) in [6, 6.07) is 12.8. The number of nitrogens with one attached hydrogen (secondary N) is 7. The van der Waals surface area contributed by atoms with Gasteiger partial charge in [0.15, 0.2) is 0 Å². The molecule has 0 saturated carbocycles. The molecule has 4 rings (SSSR count). The van der Waals surface area contributed by atoms with Gasteiger partial charge in [-0.1, -0.05) is 11.6 Å². The largest absolute Gasteiger partial charge is 0.358 e. The summed E-state index contributed by atoms with van der Waals surface area (Å²) < 4.78 is 0. The molecule has 28 heavy (non-hydrogen) atoms. The second kappa shape index (κ2) is 8.76. The van der Waals surface area contributed by atoms with Crippen molar-refractivity contribution < 1.29 is 4.79 Å². The van der Waals surface area contributed by atoms with E-state index in [1.54, 1.807) is 18.2 Å². The molecule has 2 heterocycles. The highest BCUT2D eigenvalue weighted by atomic mass is 35.5. The fourth-order valence-electron chi connectivity index (χ4n) is 3.17. The second-order valence-electron chi connectivity index (χ2n) is 6.70. The van der Waals surface area contributed by atoms with Gasteiger partial charge in [0.1, 0.15) is 12.6 Å². The average Bonchev–Trinajstić information content (AvgIpc) is 3.39. The average molecular weight is 402 g/mol.